The molecule has 1 N–H and O–H groups in total. The molecule has 0 saturated carbocycles. The number of benzene rings is 1. The maximum Gasteiger partial charge on any atom is 0.409 e. The minimum atomic E-state index is -0.364. The zero-order valence-corrected chi connectivity index (χ0v) is 12.5. The molecular formula is C15H20FN3O3. The van der Waals surface area contributed by atoms with Gasteiger partial charge >= 0.3 is 12.1 Å². The van der Waals surface area contributed by atoms with Crippen molar-refractivity contribution < 1.29 is 18.7 Å². The fourth-order valence-electron chi connectivity index (χ4n) is 2.30. The highest BCUT2D eigenvalue weighted by Gasteiger charge is 2.24. The van der Waals surface area contributed by atoms with Crippen molar-refractivity contribution in [2.45, 2.75) is 6.42 Å². The lowest BCUT2D eigenvalue weighted by molar-refractivity contribution is 0.0971. The van der Waals surface area contributed by atoms with Crippen LogP contribution < -0.4 is 5.32 Å². The summed E-state index contributed by atoms with van der Waals surface area (Å²) in [4.78, 5) is 26.6. The molecule has 0 spiro atoms. The summed E-state index contributed by atoms with van der Waals surface area (Å²) in [5.74, 6) is -0.267. The maximum atomic E-state index is 12.8. The number of ether oxygens (including phenoxy) is 1. The van der Waals surface area contributed by atoms with Crippen molar-refractivity contribution in [3.63, 3.8) is 0 Å². The number of rotatable bonds is 3. The van der Waals surface area contributed by atoms with Crippen LogP contribution in [0.25, 0.3) is 0 Å². The summed E-state index contributed by atoms with van der Waals surface area (Å²) in [6.07, 6.45) is 0.282. The molecule has 1 heterocycles. The predicted octanol–water partition coefficient (Wildman–Crippen LogP) is 1.46. The van der Waals surface area contributed by atoms with Gasteiger partial charge in [0.25, 0.3) is 0 Å². The van der Waals surface area contributed by atoms with E-state index < -0.39 is 0 Å². The zero-order valence-electron chi connectivity index (χ0n) is 12.5. The Kier molecular flexibility index (Phi) is 5.57. The number of carbonyl (C=O) groups excluding carboxylic acids is 2. The number of hydrogen-bond donors (Lipinski definition) is 1. The van der Waals surface area contributed by atoms with Crippen LogP contribution in [0, 0.1) is 5.82 Å². The number of piperazine rings is 1. The number of nitrogens with one attached hydrogen (secondary N) is 1. The molecule has 1 aliphatic rings. The summed E-state index contributed by atoms with van der Waals surface area (Å²) < 4.78 is 17.4. The van der Waals surface area contributed by atoms with Gasteiger partial charge in [0, 0.05) is 32.7 Å². The monoisotopic (exact) mass is 309 g/mol. The van der Waals surface area contributed by atoms with E-state index in [1.807, 2.05) is 0 Å². The molecule has 120 valence electrons. The number of carbonyl (C=O) groups is 2. The first-order valence-electron chi connectivity index (χ1n) is 7.20. The summed E-state index contributed by atoms with van der Waals surface area (Å²) in [6, 6.07) is 6.08. The van der Waals surface area contributed by atoms with Gasteiger partial charge in [0.2, 0.25) is 0 Å². The van der Waals surface area contributed by atoms with Crippen LogP contribution in [-0.4, -0.2) is 61.8 Å². The molecule has 1 aliphatic heterocycles. The molecule has 1 saturated heterocycles. The lowest BCUT2D eigenvalue weighted by Crippen LogP contribution is -2.53. The second kappa shape index (κ2) is 7.63. The van der Waals surface area contributed by atoms with Gasteiger partial charge < -0.3 is 19.9 Å². The predicted molar refractivity (Wildman–Crippen MR) is 79.1 cm³/mol. The largest absolute Gasteiger partial charge is 0.453 e. The normalized spacial score (nSPS) is 14.6. The van der Waals surface area contributed by atoms with E-state index in [0.717, 1.165) is 5.56 Å². The minimum Gasteiger partial charge on any atom is -0.453 e. The first-order chi connectivity index (χ1) is 10.6. The average molecular weight is 309 g/mol. The van der Waals surface area contributed by atoms with Crippen LogP contribution in [0.3, 0.4) is 0 Å². The molecular weight excluding hydrogens is 289 g/mol. The summed E-state index contributed by atoms with van der Waals surface area (Å²) in [5.41, 5.74) is 0.970. The average Bonchev–Trinajstić information content (AvgIpc) is 2.56. The van der Waals surface area contributed by atoms with E-state index in [0.29, 0.717) is 39.1 Å². The molecule has 7 heteroatoms. The first-order valence-corrected chi connectivity index (χ1v) is 7.20. The van der Waals surface area contributed by atoms with Crippen molar-refractivity contribution in [1.82, 2.24) is 15.1 Å². The molecule has 0 unspecified atom stereocenters. The third kappa shape index (κ3) is 4.34. The number of methoxy groups -OCH3 is 1. The van der Waals surface area contributed by atoms with Gasteiger partial charge in [-0.2, -0.15) is 0 Å². The van der Waals surface area contributed by atoms with Gasteiger partial charge in [-0.1, -0.05) is 12.1 Å². The third-order valence-corrected chi connectivity index (χ3v) is 3.60. The lowest BCUT2D eigenvalue weighted by Gasteiger charge is -2.33. The molecule has 0 atom stereocenters. The van der Waals surface area contributed by atoms with Crippen LogP contribution >= 0.6 is 0 Å². The smallest absolute Gasteiger partial charge is 0.409 e. The van der Waals surface area contributed by atoms with Gasteiger partial charge in [0.15, 0.2) is 0 Å². The van der Waals surface area contributed by atoms with Gasteiger partial charge in [0.1, 0.15) is 5.82 Å². The van der Waals surface area contributed by atoms with Crippen LogP contribution in [0.15, 0.2) is 24.3 Å². The number of amides is 3. The fraction of sp³-hybridized carbons (Fsp3) is 0.467. The van der Waals surface area contributed by atoms with E-state index in [9.17, 15) is 14.0 Å². The summed E-state index contributed by atoms with van der Waals surface area (Å²) in [7, 11) is 1.34. The molecule has 6 nitrogen and oxygen atoms in total. The molecule has 0 radical (unpaired) electrons. The Morgan fingerprint density at radius 2 is 1.73 bits per heavy atom. The summed E-state index contributed by atoms with van der Waals surface area (Å²) in [6.45, 7) is 2.40. The molecule has 1 aromatic carbocycles. The molecule has 0 bridgehead atoms. The Morgan fingerprint density at radius 1 is 1.14 bits per heavy atom. The van der Waals surface area contributed by atoms with Crippen LogP contribution in [0.2, 0.25) is 0 Å². The Bertz CT molecular complexity index is 513. The van der Waals surface area contributed by atoms with Crippen LogP contribution in [-0.2, 0) is 11.2 Å². The Labute approximate surface area is 128 Å². The van der Waals surface area contributed by atoms with Crippen LogP contribution in [0.4, 0.5) is 14.0 Å². The van der Waals surface area contributed by atoms with E-state index in [1.165, 1.54) is 19.2 Å². The number of urea groups is 1. The highest BCUT2D eigenvalue weighted by molar-refractivity contribution is 5.75. The number of halogens is 1. The number of nitrogens with zero attached hydrogens (tertiary/aromatic N) is 2. The van der Waals surface area contributed by atoms with Gasteiger partial charge in [-0.3, -0.25) is 0 Å². The Balaban J connectivity index is 1.70. The molecule has 1 fully saturated rings. The third-order valence-electron chi connectivity index (χ3n) is 3.60. The molecule has 0 aromatic heterocycles. The standard InChI is InChI=1S/C15H20FN3O3/c1-22-15(21)19-10-8-18(9-11-19)14(20)17-7-6-12-2-4-13(16)5-3-12/h2-5H,6-11H2,1H3,(H,17,20). The van der Waals surface area contributed by atoms with Crippen molar-refractivity contribution in [3.8, 4) is 0 Å². The fourth-order valence-corrected chi connectivity index (χ4v) is 2.30. The van der Waals surface area contributed by atoms with E-state index in [-0.39, 0.29) is 17.9 Å². The lowest BCUT2D eigenvalue weighted by atomic mass is 10.1. The van der Waals surface area contributed by atoms with E-state index >= 15 is 0 Å². The topological polar surface area (TPSA) is 61.9 Å². The Morgan fingerprint density at radius 3 is 2.32 bits per heavy atom. The van der Waals surface area contributed by atoms with E-state index in [1.54, 1.807) is 21.9 Å². The van der Waals surface area contributed by atoms with Gasteiger partial charge in [-0.25, -0.2) is 14.0 Å². The first kappa shape index (κ1) is 16.1. The SMILES string of the molecule is COC(=O)N1CCN(C(=O)NCCc2ccc(F)cc2)CC1. The second-order valence-electron chi connectivity index (χ2n) is 5.05. The zero-order chi connectivity index (χ0) is 15.9. The van der Waals surface area contributed by atoms with Gasteiger partial charge in [-0.05, 0) is 24.1 Å². The highest BCUT2D eigenvalue weighted by atomic mass is 19.1. The second-order valence-corrected chi connectivity index (χ2v) is 5.05. The van der Waals surface area contributed by atoms with Gasteiger partial charge in [0.05, 0.1) is 7.11 Å². The maximum absolute atomic E-state index is 12.8. The molecule has 0 aliphatic carbocycles. The molecule has 2 rings (SSSR count). The van der Waals surface area contributed by atoms with Crippen LogP contribution in [0.5, 0.6) is 0 Å². The highest BCUT2D eigenvalue weighted by Crippen LogP contribution is 2.05. The van der Waals surface area contributed by atoms with E-state index in [4.69, 9.17) is 0 Å². The molecule has 22 heavy (non-hydrogen) atoms. The van der Waals surface area contributed by atoms with Crippen molar-refractivity contribution in [2.24, 2.45) is 0 Å². The van der Waals surface area contributed by atoms with Crippen molar-refractivity contribution in [2.75, 3.05) is 39.8 Å². The quantitative estimate of drug-likeness (QED) is 0.919. The van der Waals surface area contributed by atoms with Crippen LogP contribution in [0.1, 0.15) is 5.56 Å². The minimum absolute atomic E-state index is 0.147. The Hall–Kier alpha value is -2.31. The van der Waals surface area contributed by atoms with Gasteiger partial charge in [-0.15, -0.1) is 0 Å². The molecule has 1 aromatic rings. The van der Waals surface area contributed by atoms with E-state index in [2.05, 4.69) is 10.1 Å². The van der Waals surface area contributed by atoms with Crippen molar-refractivity contribution >= 4 is 12.1 Å². The molecule has 3 amide bonds. The summed E-state index contributed by atoms with van der Waals surface area (Å²) in [5, 5.41) is 2.83. The van der Waals surface area contributed by atoms with Crippen molar-refractivity contribution in [3.05, 3.63) is 35.6 Å². The number of hydrogen-bond acceptors (Lipinski definition) is 3. The summed E-state index contributed by atoms with van der Waals surface area (Å²) >= 11 is 0. The van der Waals surface area contributed by atoms with Crippen molar-refractivity contribution in [1.29, 1.82) is 0 Å².